The van der Waals surface area contributed by atoms with Crippen LogP contribution in [0.25, 0.3) is 11.3 Å². The monoisotopic (exact) mass is 526 g/mol. The number of pyridine rings is 1. The molecule has 1 aliphatic carbocycles. The normalized spacial score (nSPS) is 17.1. The van der Waals surface area contributed by atoms with Crippen LogP contribution in [-0.2, 0) is 12.7 Å². The highest BCUT2D eigenvalue weighted by atomic mass is 19.4. The van der Waals surface area contributed by atoms with Crippen LogP contribution in [0.5, 0.6) is 0 Å². The number of nitrogens with zero attached hydrogens (tertiary/aromatic N) is 3. The zero-order valence-corrected chi connectivity index (χ0v) is 20.7. The molecule has 0 spiro atoms. The van der Waals surface area contributed by atoms with Crippen LogP contribution < -0.4 is 10.6 Å². The number of aromatic nitrogens is 1. The van der Waals surface area contributed by atoms with Crippen LogP contribution >= 0.6 is 0 Å². The van der Waals surface area contributed by atoms with Crippen molar-refractivity contribution < 1.29 is 28.2 Å². The average molecular weight is 527 g/mol. The van der Waals surface area contributed by atoms with E-state index in [0.717, 1.165) is 36.5 Å². The molecule has 200 valence electrons. The largest absolute Gasteiger partial charge is 0.416 e. The Balaban J connectivity index is 1.55. The number of nitrogens with two attached hydrogens (primary N) is 1. The van der Waals surface area contributed by atoms with Crippen molar-refractivity contribution in [2.75, 3.05) is 31.1 Å². The minimum Gasteiger partial charge on any atom is -0.393 e. The van der Waals surface area contributed by atoms with E-state index in [2.05, 4.69) is 9.88 Å². The summed E-state index contributed by atoms with van der Waals surface area (Å²) in [7, 11) is 0. The second-order valence-corrected chi connectivity index (χ2v) is 9.95. The first-order valence-electron chi connectivity index (χ1n) is 12.5. The topological polar surface area (TPSA) is 103 Å². The first kappa shape index (κ1) is 26.1. The molecule has 10 heteroatoms. The maximum Gasteiger partial charge on any atom is 0.416 e. The highest BCUT2D eigenvalue weighted by Crippen LogP contribution is 2.38. The van der Waals surface area contributed by atoms with Crippen LogP contribution in [-0.4, -0.2) is 52.2 Å². The molecule has 4 N–H and O–H groups in total. The zero-order valence-electron chi connectivity index (χ0n) is 20.7. The summed E-state index contributed by atoms with van der Waals surface area (Å²) in [6.07, 6.45) is -3.20. The number of hydrogen-bond donors (Lipinski definition) is 3. The van der Waals surface area contributed by atoms with E-state index in [1.54, 1.807) is 6.07 Å². The van der Waals surface area contributed by atoms with Gasteiger partial charge >= 0.3 is 6.18 Å². The Morgan fingerprint density at radius 1 is 1.08 bits per heavy atom. The summed E-state index contributed by atoms with van der Waals surface area (Å²) < 4.78 is 39.4. The van der Waals surface area contributed by atoms with Crippen LogP contribution in [0, 0.1) is 5.92 Å². The molecule has 2 aliphatic rings. The lowest BCUT2D eigenvalue weighted by atomic mass is 10.0. The molecule has 1 aliphatic heterocycles. The molecule has 2 heterocycles. The van der Waals surface area contributed by atoms with Crippen molar-refractivity contribution in [2.24, 2.45) is 11.7 Å². The third-order valence-corrected chi connectivity index (χ3v) is 7.08. The lowest BCUT2D eigenvalue weighted by Crippen LogP contribution is -2.30. The van der Waals surface area contributed by atoms with E-state index in [1.165, 1.54) is 31.0 Å². The molecule has 1 atom stereocenters. The van der Waals surface area contributed by atoms with Crippen LogP contribution in [0.15, 0.2) is 54.6 Å². The number of rotatable bonds is 7. The lowest BCUT2D eigenvalue weighted by Gasteiger charge is -2.26. The van der Waals surface area contributed by atoms with Gasteiger partial charge in [0.05, 0.1) is 17.9 Å². The minimum atomic E-state index is -4.40. The number of primary amides is 1. The molecule has 3 aromatic rings. The third kappa shape index (κ3) is 5.67. The Morgan fingerprint density at radius 3 is 2.45 bits per heavy atom. The molecule has 0 bridgehead atoms. The Labute approximate surface area is 218 Å². The fourth-order valence-electron chi connectivity index (χ4n) is 4.86. The van der Waals surface area contributed by atoms with E-state index in [1.807, 2.05) is 23.1 Å². The number of hydrogen-bond acceptors (Lipinski definition) is 6. The summed E-state index contributed by atoms with van der Waals surface area (Å²) in [6.45, 7) is 2.45. The molecule has 1 amide bonds. The van der Waals surface area contributed by atoms with E-state index >= 15 is 0 Å². The fourth-order valence-corrected chi connectivity index (χ4v) is 4.86. The predicted molar refractivity (Wildman–Crippen MR) is 137 cm³/mol. The number of alkyl halides is 3. The first-order chi connectivity index (χ1) is 18.1. The van der Waals surface area contributed by atoms with Crippen molar-refractivity contribution in [3.8, 4) is 11.3 Å². The van der Waals surface area contributed by atoms with E-state index < -0.39 is 30.4 Å². The summed E-state index contributed by atoms with van der Waals surface area (Å²) in [4.78, 5) is 20.7. The molecule has 7 nitrogen and oxygen atoms in total. The number of aliphatic hydroxyl groups is 2. The maximum atomic E-state index is 13.1. The molecular weight excluding hydrogens is 497 g/mol. The number of carbonyl (C=O) groups is 1. The maximum absolute atomic E-state index is 13.1. The van der Waals surface area contributed by atoms with Crippen molar-refractivity contribution in [1.82, 2.24) is 9.88 Å². The van der Waals surface area contributed by atoms with Gasteiger partial charge < -0.3 is 20.8 Å². The van der Waals surface area contributed by atoms with Crippen LogP contribution in [0.3, 0.4) is 0 Å². The Kier molecular flexibility index (Phi) is 7.13. The second kappa shape index (κ2) is 10.4. The number of benzene rings is 2. The van der Waals surface area contributed by atoms with Crippen LogP contribution in [0.2, 0.25) is 0 Å². The number of amides is 1. The molecule has 1 saturated carbocycles. The van der Waals surface area contributed by atoms with Crippen LogP contribution in [0.1, 0.15) is 46.1 Å². The molecular formula is C28H29F3N4O3. The van der Waals surface area contributed by atoms with Crippen molar-refractivity contribution in [3.63, 3.8) is 0 Å². The second-order valence-electron chi connectivity index (χ2n) is 9.95. The number of fused-ring (bicyclic) bond motifs is 1. The van der Waals surface area contributed by atoms with Gasteiger partial charge in [0.1, 0.15) is 11.8 Å². The Bertz CT molecular complexity index is 1330. The van der Waals surface area contributed by atoms with Gasteiger partial charge in [-0.05, 0) is 78.4 Å². The SMILES string of the molecule is NC(=O)c1cc(C(O)CO)cc(-c2ccc3c(c2)CN(CC2CC2)CCN3c2ccc(C(F)(F)F)cc2)n1. The lowest BCUT2D eigenvalue weighted by molar-refractivity contribution is -0.137. The number of carbonyl (C=O) groups excluding carboxylic acids is 1. The summed E-state index contributed by atoms with van der Waals surface area (Å²) in [5.41, 5.74) is 8.70. The fraction of sp³-hybridized carbons (Fsp3) is 0.357. The van der Waals surface area contributed by atoms with Crippen molar-refractivity contribution in [1.29, 1.82) is 0 Å². The standard InChI is InChI=1S/C28H29F3N4O3/c29-28(30,31)21-4-6-22(7-5-21)35-10-9-34(14-17-1-2-17)15-20-11-18(3-8-25(20)35)23-12-19(26(37)16-36)13-24(33-23)27(32)38/h3-8,11-13,17,26,36-37H,1-2,9-10,14-16H2,(H2,32,38). The summed E-state index contributed by atoms with van der Waals surface area (Å²) >= 11 is 0. The van der Waals surface area contributed by atoms with Crippen molar-refractivity contribution in [2.45, 2.75) is 31.7 Å². The van der Waals surface area contributed by atoms with Crippen molar-refractivity contribution in [3.05, 3.63) is 77.0 Å². The Hall–Kier alpha value is -3.47. The Morgan fingerprint density at radius 2 is 1.82 bits per heavy atom. The molecule has 5 rings (SSSR count). The van der Waals surface area contributed by atoms with Crippen molar-refractivity contribution >= 4 is 17.3 Å². The molecule has 1 unspecified atom stereocenters. The number of aliphatic hydroxyl groups excluding tert-OH is 2. The van der Waals surface area contributed by atoms with Gasteiger partial charge in [-0.1, -0.05) is 6.07 Å². The van der Waals surface area contributed by atoms with E-state index in [9.17, 15) is 28.2 Å². The minimum absolute atomic E-state index is 0.0262. The molecule has 1 aromatic heterocycles. The van der Waals surface area contributed by atoms with Gasteiger partial charge in [0.25, 0.3) is 5.91 Å². The molecule has 38 heavy (non-hydrogen) atoms. The zero-order chi connectivity index (χ0) is 27.0. The summed E-state index contributed by atoms with van der Waals surface area (Å²) in [5.74, 6) is -0.0900. The predicted octanol–water partition coefficient (Wildman–Crippen LogP) is 4.26. The van der Waals surface area contributed by atoms with Gasteiger partial charge in [-0.25, -0.2) is 4.98 Å². The van der Waals surface area contributed by atoms with Gasteiger partial charge in [-0.3, -0.25) is 9.69 Å². The van der Waals surface area contributed by atoms with Gasteiger partial charge in [0.15, 0.2) is 0 Å². The van der Waals surface area contributed by atoms with Crippen LogP contribution in [0.4, 0.5) is 24.5 Å². The summed E-state index contributed by atoms with van der Waals surface area (Å²) in [6, 6.07) is 13.9. The quantitative estimate of drug-likeness (QED) is 0.425. The molecule has 0 saturated heterocycles. The van der Waals surface area contributed by atoms with Gasteiger partial charge in [-0.15, -0.1) is 0 Å². The molecule has 0 radical (unpaired) electrons. The van der Waals surface area contributed by atoms with E-state index in [0.29, 0.717) is 41.5 Å². The first-order valence-corrected chi connectivity index (χ1v) is 12.5. The molecule has 1 fully saturated rings. The van der Waals surface area contributed by atoms with E-state index in [4.69, 9.17) is 5.73 Å². The molecule has 2 aromatic carbocycles. The highest BCUT2D eigenvalue weighted by molar-refractivity contribution is 5.91. The highest BCUT2D eigenvalue weighted by Gasteiger charge is 2.31. The summed E-state index contributed by atoms with van der Waals surface area (Å²) in [5, 5.41) is 19.6. The van der Waals surface area contributed by atoms with Gasteiger partial charge in [0.2, 0.25) is 0 Å². The third-order valence-electron chi connectivity index (χ3n) is 7.08. The van der Waals surface area contributed by atoms with E-state index in [-0.39, 0.29) is 5.69 Å². The number of halogens is 3. The van der Waals surface area contributed by atoms with Gasteiger partial charge in [-0.2, -0.15) is 13.2 Å². The smallest absolute Gasteiger partial charge is 0.393 e. The number of anilines is 2. The van der Waals surface area contributed by atoms with Gasteiger partial charge in [0, 0.05) is 43.1 Å². The average Bonchev–Trinajstić information content (AvgIpc) is 3.73.